The number of carbonyl (C=O) groups is 1. The summed E-state index contributed by atoms with van der Waals surface area (Å²) in [6, 6.07) is 9.47. The number of halogens is 3. The van der Waals surface area contributed by atoms with Gasteiger partial charge in [-0.2, -0.15) is 0 Å². The lowest BCUT2D eigenvalue weighted by molar-refractivity contribution is -0.274. The Labute approximate surface area is 123 Å². The number of methoxy groups -OCH3 is 1. The lowest BCUT2D eigenvalue weighted by atomic mass is 10.0. The summed E-state index contributed by atoms with van der Waals surface area (Å²) in [5.74, 6) is -1.14. The van der Waals surface area contributed by atoms with Crippen LogP contribution in [0.15, 0.2) is 42.5 Å². The molecule has 2 aromatic rings. The molecule has 22 heavy (non-hydrogen) atoms. The Hall–Kier alpha value is -2.70. The third-order valence-corrected chi connectivity index (χ3v) is 2.81. The van der Waals surface area contributed by atoms with E-state index in [2.05, 4.69) is 4.74 Å². The molecular formula is C15H11F3O4. The van der Waals surface area contributed by atoms with Gasteiger partial charge in [0.15, 0.2) is 0 Å². The molecule has 0 aliphatic heterocycles. The second kappa shape index (κ2) is 5.97. The second-order valence-electron chi connectivity index (χ2n) is 4.33. The van der Waals surface area contributed by atoms with E-state index >= 15 is 0 Å². The zero-order valence-corrected chi connectivity index (χ0v) is 11.3. The van der Waals surface area contributed by atoms with Gasteiger partial charge in [0.1, 0.15) is 11.5 Å². The minimum absolute atomic E-state index is 0.0185. The Morgan fingerprint density at radius 2 is 1.64 bits per heavy atom. The van der Waals surface area contributed by atoms with E-state index in [1.807, 2.05) is 0 Å². The number of rotatable bonds is 4. The average Bonchev–Trinajstić information content (AvgIpc) is 2.45. The van der Waals surface area contributed by atoms with E-state index < -0.39 is 12.3 Å². The molecule has 0 unspecified atom stereocenters. The molecule has 0 aliphatic rings. The quantitative estimate of drug-likeness (QED) is 0.928. The van der Waals surface area contributed by atoms with Crippen LogP contribution in [0.25, 0.3) is 11.1 Å². The van der Waals surface area contributed by atoms with Gasteiger partial charge in [0.25, 0.3) is 0 Å². The number of ether oxygens (including phenoxy) is 2. The Morgan fingerprint density at radius 1 is 1.00 bits per heavy atom. The predicted molar refractivity (Wildman–Crippen MR) is 72.1 cm³/mol. The van der Waals surface area contributed by atoms with Gasteiger partial charge in [-0.25, -0.2) is 4.79 Å². The maximum absolute atomic E-state index is 12.1. The number of hydrogen-bond donors (Lipinski definition) is 1. The van der Waals surface area contributed by atoms with Crippen LogP contribution in [0.5, 0.6) is 11.5 Å². The highest BCUT2D eigenvalue weighted by Crippen LogP contribution is 2.29. The Balaban J connectivity index is 2.35. The molecule has 1 N–H and O–H groups in total. The fourth-order valence-electron chi connectivity index (χ4n) is 1.86. The molecule has 7 heteroatoms. The van der Waals surface area contributed by atoms with Gasteiger partial charge in [-0.1, -0.05) is 12.1 Å². The summed E-state index contributed by atoms with van der Waals surface area (Å²) in [5, 5.41) is 9.05. The van der Waals surface area contributed by atoms with Crippen molar-refractivity contribution < 1.29 is 32.5 Å². The fraction of sp³-hybridized carbons (Fsp3) is 0.133. The third-order valence-electron chi connectivity index (χ3n) is 2.81. The van der Waals surface area contributed by atoms with Gasteiger partial charge in [-0.3, -0.25) is 0 Å². The van der Waals surface area contributed by atoms with E-state index in [-0.39, 0.29) is 11.3 Å². The lowest BCUT2D eigenvalue weighted by Gasteiger charge is -2.10. The summed E-state index contributed by atoms with van der Waals surface area (Å²) < 4.78 is 45.1. The molecule has 0 amide bonds. The standard InChI is InChI=1S/C15H11F3O4/c1-21-13-7-10(6-11(8-13)14(19)20)9-2-4-12(5-3-9)22-15(16,17)18/h2-8H,1H3,(H,19,20). The summed E-state index contributed by atoms with van der Waals surface area (Å²) in [6.45, 7) is 0. The van der Waals surface area contributed by atoms with Crippen LogP contribution >= 0.6 is 0 Å². The van der Waals surface area contributed by atoms with Crippen molar-refractivity contribution in [2.24, 2.45) is 0 Å². The van der Waals surface area contributed by atoms with E-state index in [1.165, 1.54) is 31.4 Å². The van der Waals surface area contributed by atoms with Crippen LogP contribution in [0.4, 0.5) is 13.2 Å². The van der Waals surface area contributed by atoms with Gasteiger partial charge in [-0.05, 0) is 41.5 Å². The number of carboxylic acid groups (broad SMARTS) is 1. The number of alkyl halides is 3. The van der Waals surface area contributed by atoms with Crippen LogP contribution in [0.1, 0.15) is 10.4 Å². The molecule has 0 saturated carbocycles. The molecule has 0 radical (unpaired) electrons. The molecule has 0 aliphatic carbocycles. The molecular weight excluding hydrogens is 301 g/mol. The molecule has 116 valence electrons. The van der Waals surface area contributed by atoms with Gasteiger partial charge in [-0.15, -0.1) is 13.2 Å². The van der Waals surface area contributed by atoms with Crippen molar-refractivity contribution >= 4 is 5.97 Å². The van der Waals surface area contributed by atoms with Crippen molar-refractivity contribution in [1.82, 2.24) is 0 Å². The van der Waals surface area contributed by atoms with Gasteiger partial charge < -0.3 is 14.6 Å². The van der Waals surface area contributed by atoms with Crippen molar-refractivity contribution in [2.45, 2.75) is 6.36 Å². The summed E-state index contributed by atoms with van der Waals surface area (Å²) in [6.07, 6.45) is -4.76. The first-order chi connectivity index (χ1) is 10.3. The molecule has 0 saturated heterocycles. The zero-order chi connectivity index (χ0) is 16.3. The Morgan fingerprint density at radius 3 is 2.14 bits per heavy atom. The molecule has 0 atom stereocenters. The van der Waals surface area contributed by atoms with E-state index in [4.69, 9.17) is 9.84 Å². The summed E-state index contributed by atoms with van der Waals surface area (Å²) in [4.78, 5) is 11.1. The third kappa shape index (κ3) is 3.91. The first kappa shape index (κ1) is 15.7. The van der Waals surface area contributed by atoms with Gasteiger partial charge >= 0.3 is 12.3 Å². The lowest BCUT2D eigenvalue weighted by Crippen LogP contribution is -2.16. The molecule has 0 fully saturated rings. The average molecular weight is 312 g/mol. The fourth-order valence-corrected chi connectivity index (χ4v) is 1.86. The Kier molecular flexibility index (Phi) is 4.25. The van der Waals surface area contributed by atoms with Crippen molar-refractivity contribution in [2.75, 3.05) is 7.11 Å². The minimum atomic E-state index is -4.76. The summed E-state index contributed by atoms with van der Waals surface area (Å²) >= 11 is 0. The highest BCUT2D eigenvalue weighted by Gasteiger charge is 2.30. The first-order valence-corrected chi connectivity index (χ1v) is 6.07. The number of aromatic carboxylic acids is 1. The normalized spacial score (nSPS) is 11.1. The second-order valence-corrected chi connectivity index (χ2v) is 4.33. The highest BCUT2D eigenvalue weighted by molar-refractivity contribution is 5.90. The SMILES string of the molecule is COc1cc(C(=O)O)cc(-c2ccc(OC(F)(F)F)cc2)c1. The van der Waals surface area contributed by atoms with E-state index in [9.17, 15) is 18.0 Å². The zero-order valence-electron chi connectivity index (χ0n) is 11.3. The minimum Gasteiger partial charge on any atom is -0.497 e. The monoisotopic (exact) mass is 312 g/mol. The van der Waals surface area contributed by atoms with Crippen LogP contribution in [-0.2, 0) is 0 Å². The Bertz CT molecular complexity index is 678. The molecule has 0 aromatic heterocycles. The summed E-state index contributed by atoms with van der Waals surface area (Å²) in [7, 11) is 1.39. The smallest absolute Gasteiger partial charge is 0.497 e. The van der Waals surface area contributed by atoms with Crippen LogP contribution in [0.2, 0.25) is 0 Å². The number of benzene rings is 2. The van der Waals surface area contributed by atoms with Gasteiger partial charge in [0, 0.05) is 0 Å². The van der Waals surface area contributed by atoms with Crippen LogP contribution in [0.3, 0.4) is 0 Å². The van der Waals surface area contributed by atoms with E-state index in [1.54, 1.807) is 6.07 Å². The molecule has 2 rings (SSSR count). The predicted octanol–water partition coefficient (Wildman–Crippen LogP) is 3.96. The molecule has 0 bridgehead atoms. The van der Waals surface area contributed by atoms with E-state index in [0.717, 1.165) is 12.1 Å². The molecule has 2 aromatic carbocycles. The van der Waals surface area contributed by atoms with Crippen molar-refractivity contribution in [1.29, 1.82) is 0 Å². The van der Waals surface area contributed by atoms with Crippen molar-refractivity contribution in [3.8, 4) is 22.6 Å². The topological polar surface area (TPSA) is 55.8 Å². The number of carboxylic acids is 1. The highest BCUT2D eigenvalue weighted by atomic mass is 19.4. The van der Waals surface area contributed by atoms with Gasteiger partial charge in [0.2, 0.25) is 0 Å². The molecule has 0 heterocycles. The van der Waals surface area contributed by atoms with Crippen LogP contribution in [-0.4, -0.2) is 24.5 Å². The van der Waals surface area contributed by atoms with Crippen LogP contribution < -0.4 is 9.47 Å². The van der Waals surface area contributed by atoms with Crippen molar-refractivity contribution in [3.05, 3.63) is 48.0 Å². The summed E-state index contributed by atoms with van der Waals surface area (Å²) in [5.41, 5.74) is 1.07. The first-order valence-electron chi connectivity index (χ1n) is 6.07. The molecule has 0 spiro atoms. The number of hydrogen-bond acceptors (Lipinski definition) is 3. The van der Waals surface area contributed by atoms with E-state index in [0.29, 0.717) is 16.9 Å². The maximum atomic E-state index is 12.1. The maximum Gasteiger partial charge on any atom is 0.573 e. The van der Waals surface area contributed by atoms with Crippen LogP contribution in [0, 0.1) is 0 Å². The molecule has 4 nitrogen and oxygen atoms in total. The van der Waals surface area contributed by atoms with Crippen molar-refractivity contribution in [3.63, 3.8) is 0 Å². The largest absolute Gasteiger partial charge is 0.573 e. The van der Waals surface area contributed by atoms with Gasteiger partial charge in [0.05, 0.1) is 12.7 Å².